The Morgan fingerprint density at radius 1 is 0.179 bits per heavy atom. The van der Waals surface area contributed by atoms with E-state index in [4.69, 9.17) is 0 Å². The molecule has 0 saturated carbocycles. The van der Waals surface area contributed by atoms with Gasteiger partial charge in [-0.05, 0) is 146 Å². The first-order chi connectivity index (χ1) is 40.8. The van der Waals surface area contributed by atoms with Crippen LogP contribution in [-0.2, 0) is 42.4 Å². The molecule has 0 fully saturated rings. The zero-order valence-electron chi connectivity index (χ0n) is 45.7. The van der Waals surface area contributed by atoms with E-state index in [1.54, 1.807) is 20.0 Å². The summed E-state index contributed by atoms with van der Waals surface area (Å²) in [5, 5.41) is 17.2. The maximum Gasteiger partial charge on any atom is 0.102 e. The van der Waals surface area contributed by atoms with Crippen LogP contribution in [0, 0.1) is 0 Å². The molecule has 0 aromatic heterocycles. The van der Waals surface area contributed by atoms with E-state index in [0.717, 1.165) is 0 Å². The van der Waals surface area contributed by atoms with Crippen LogP contribution in [0.1, 0.15) is 0 Å². The number of hydrogen-bond acceptors (Lipinski definition) is 0. The normalized spacial score (nSPS) is 10.4. The molecule has 0 nitrogen and oxygen atoms in total. The maximum absolute atomic E-state index is 9.75. The first kappa shape index (κ1) is 67.0. The molecule has 0 bridgehead atoms. The molecule has 12 heteroatoms. The van der Waals surface area contributed by atoms with Crippen molar-refractivity contribution in [3.8, 4) is 0 Å². The van der Waals surface area contributed by atoms with Crippen molar-refractivity contribution in [3.63, 3.8) is 0 Å². The van der Waals surface area contributed by atoms with Crippen LogP contribution in [-0.4, -0.2) is 7.25 Å². The van der Waals surface area contributed by atoms with Crippen LogP contribution in [0.25, 0.3) is 0 Å². The largest absolute Gasteiger partial charge is 0.102 e. The summed E-state index contributed by atoms with van der Waals surface area (Å²) in [5.41, 5.74) is 0. The summed E-state index contributed by atoms with van der Waals surface area (Å²) in [4.78, 5) is 0. The second kappa shape index (κ2) is 38.1. The third-order valence-electron chi connectivity index (χ3n) is 12.7. The second-order valence-corrected chi connectivity index (χ2v) is 28.3. The van der Waals surface area contributed by atoms with Gasteiger partial charge in [0.1, 0.15) is 63.7 Å². The van der Waals surface area contributed by atoms with Gasteiger partial charge in [-0.25, -0.2) is 0 Å². The topological polar surface area (TPSA) is 0 Å². The van der Waals surface area contributed by atoms with Crippen molar-refractivity contribution in [3.05, 3.63) is 364 Å². The Kier molecular flexibility index (Phi) is 30.4. The Morgan fingerprint density at radius 3 is 0.298 bits per heavy atom. The molecule has 0 aliphatic carbocycles. The van der Waals surface area contributed by atoms with E-state index < -0.39 is 38.9 Å². The molecule has 0 N–H and O–H groups in total. The molecule has 12 aromatic carbocycles. The van der Waals surface area contributed by atoms with Crippen molar-refractivity contribution in [1.29, 1.82) is 0 Å². The third kappa shape index (κ3) is 22.4. The molecular weight excluding hydrogens is 1500 g/mol. The molecule has 0 amide bonds. The van der Waals surface area contributed by atoms with Gasteiger partial charge in [0.2, 0.25) is 0 Å². The fourth-order valence-corrected chi connectivity index (χ4v) is 19.6. The number of halogens is 5. The van der Waals surface area contributed by atoms with Crippen molar-refractivity contribution < 1.29 is 59.6 Å². The van der Waals surface area contributed by atoms with E-state index in [0.29, 0.717) is 0 Å². The molecule has 0 aliphatic rings. The molecule has 0 unspecified atom stereocenters. The first-order valence-corrected chi connectivity index (χ1v) is 35.6. The molecule has 0 spiro atoms. The van der Waals surface area contributed by atoms with E-state index in [1.807, 2.05) is 0 Å². The van der Waals surface area contributed by atoms with Gasteiger partial charge in [0.15, 0.2) is 0 Å². The molecule has 0 atom stereocenters. The smallest absolute Gasteiger partial charge is 0.0620 e. The van der Waals surface area contributed by atoms with E-state index >= 15 is 0 Å². The molecule has 84 heavy (non-hydrogen) atoms. The van der Waals surface area contributed by atoms with E-state index in [9.17, 15) is 17.3 Å². The predicted molar refractivity (Wildman–Crippen MR) is 362 cm³/mol. The van der Waals surface area contributed by atoms with Crippen molar-refractivity contribution in [2.45, 2.75) is 0 Å². The summed E-state index contributed by atoms with van der Waals surface area (Å²) in [7, 11) is -4.93. The minimum atomic E-state index is -6.00. The SMILES string of the molecule is F[B-](F)(F)F.[Au+].[Cl][Au].c1ccc([PH+](c2ccccc2)c2ccccc2)cc1.c1ccc([PH+](c2ccccc2)c2ccccc2)cc1.c1ccc([PH+](c2ccccc2)c2ccccc2)cc1.c1ccc([PH+](c2ccccc2)c2ccccc2)cc1. The molecule has 12 aromatic rings. The fourth-order valence-electron chi connectivity index (χ4n) is 9.26. The van der Waals surface area contributed by atoms with E-state index in [1.165, 1.54) is 63.7 Å². The summed E-state index contributed by atoms with van der Waals surface area (Å²) >= 11 is 1.75. The zero-order chi connectivity index (χ0) is 58.2. The zero-order valence-corrected chi connectivity index (χ0v) is 54.8. The van der Waals surface area contributed by atoms with Gasteiger partial charge in [0, 0.05) is 0 Å². The quantitative estimate of drug-likeness (QED) is 0.0650. The summed E-state index contributed by atoms with van der Waals surface area (Å²) in [6.07, 6.45) is 0. The monoisotopic (exact) mass is 1570 g/mol. The Labute approximate surface area is 530 Å². The Morgan fingerprint density at radius 2 is 0.238 bits per heavy atom. The van der Waals surface area contributed by atoms with Gasteiger partial charge in [-0.2, -0.15) is 0 Å². The minimum Gasteiger partial charge on any atom is -0.0620 e. The van der Waals surface area contributed by atoms with Crippen LogP contribution in [0.4, 0.5) is 17.3 Å². The molecule has 0 aliphatic heterocycles. The van der Waals surface area contributed by atoms with Gasteiger partial charge in [-0.3, -0.25) is 0 Å². The molecule has 0 saturated heterocycles. The van der Waals surface area contributed by atoms with Gasteiger partial charge in [0.05, 0.1) is 31.7 Å². The van der Waals surface area contributed by atoms with Crippen LogP contribution in [0.2, 0.25) is 0 Å². The second-order valence-electron chi connectivity index (χ2n) is 18.4. The van der Waals surface area contributed by atoms with Crippen LogP contribution >= 0.6 is 40.9 Å². The summed E-state index contributed by atoms with van der Waals surface area (Å²) in [5.74, 6) is 0. The van der Waals surface area contributed by atoms with Gasteiger partial charge < -0.3 is 17.3 Å². The van der Waals surface area contributed by atoms with Crippen molar-refractivity contribution in [2.24, 2.45) is 0 Å². The number of rotatable bonds is 12. The van der Waals surface area contributed by atoms with Crippen molar-refractivity contribution in [2.75, 3.05) is 0 Å². The van der Waals surface area contributed by atoms with Gasteiger partial charge in [-0.1, -0.05) is 218 Å². The molecular formula is C72H64Au2BClF4P4+4. The van der Waals surface area contributed by atoms with Crippen LogP contribution < -0.4 is 63.7 Å². The fraction of sp³-hybridized carbons (Fsp3) is 0. The summed E-state index contributed by atoms with van der Waals surface area (Å²) in [6, 6.07) is 130. The third-order valence-corrected chi connectivity index (χ3v) is 23.7. The molecule has 428 valence electrons. The van der Waals surface area contributed by atoms with Gasteiger partial charge in [-0.15, -0.1) is 0 Å². The minimum absolute atomic E-state index is 0. The number of hydrogen-bond donors (Lipinski definition) is 0. The summed E-state index contributed by atoms with van der Waals surface area (Å²) in [6.45, 7) is 0. The maximum atomic E-state index is 9.75. The average Bonchev–Trinajstić information content (AvgIpc) is 3.72. The van der Waals surface area contributed by atoms with Gasteiger partial charge in [0.25, 0.3) is 0 Å². The predicted octanol–water partition coefficient (Wildman–Crippen LogP) is 14.7. The average molecular weight is 1570 g/mol. The first-order valence-electron chi connectivity index (χ1n) is 26.9. The van der Waals surface area contributed by atoms with E-state index in [2.05, 4.69) is 373 Å². The standard InChI is InChI=1S/4C18H15P.2Au.BF4.ClH/c4*1-4-10-16(11-5-1)19(17-12-6-2-7-13-17)18-14-8-3-9-15-18;;;2-1(3,4)5;/h4*1-15H;;;;1H/q;;;;2*+1;-1;/p+3. The summed E-state index contributed by atoms with van der Waals surface area (Å²) < 4.78 is 39.0. The Balaban J connectivity index is 0.000000172. The van der Waals surface area contributed by atoms with Gasteiger partial charge >= 0.3 is 58.8 Å². The van der Waals surface area contributed by atoms with E-state index in [-0.39, 0.29) is 22.4 Å². The van der Waals surface area contributed by atoms with Crippen LogP contribution in [0.15, 0.2) is 364 Å². The van der Waals surface area contributed by atoms with Crippen LogP contribution in [0.5, 0.6) is 0 Å². The number of benzene rings is 12. The molecule has 0 radical (unpaired) electrons. The van der Waals surface area contributed by atoms with Crippen molar-refractivity contribution in [1.82, 2.24) is 0 Å². The van der Waals surface area contributed by atoms with Crippen molar-refractivity contribution >= 4 is 112 Å². The Bertz CT molecular complexity index is 2720. The Hall–Kier alpha value is -6.08. The molecule has 12 rings (SSSR count). The molecule has 0 heterocycles. The van der Waals surface area contributed by atoms with Crippen LogP contribution in [0.3, 0.4) is 0 Å².